The molecule has 0 saturated heterocycles. The Kier molecular flexibility index (Phi) is 5.36. The van der Waals surface area contributed by atoms with Crippen LogP contribution in [0.3, 0.4) is 0 Å². The highest BCUT2D eigenvalue weighted by Gasteiger charge is 2.08. The molecule has 3 rings (SSSR count). The average Bonchev–Trinajstić information content (AvgIpc) is 2.63. The van der Waals surface area contributed by atoms with E-state index in [1.54, 1.807) is 24.3 Å². The number of amides is 4. The molecule has 0 unspecified atom stereocenters. The molecule has 26 heavy (non-hydrogen) atoms. The van der Waals surface area contributed by atoms with Crippen LogP contribution in [0.1, 0.15) is 0 Å². The molecule has 0 radical (unpaired) electrons. The van der Waals surface area contributed by atoms with Crippen molar-refractivity contribution < 1.29 is 9.59 Å². The zero-order valence-electron chi connectivity index (χ0n) is 13.6. The van der Waals surface area contributed by atoms with Gasteiger partial charge in [0.05, 0.1) is 0 Å². The molecule has 0 fully saturated rings. The van der Waals surface area contributed by atoms with Gasteiger partial charge in [-0.1, -0.05) is 36.4 Å². The summed E-state index contributed by atoms with van der Waals surface area (Å²) in [4.78, 5) is 32.0. The van der Waals surface area contributed by atoms with Crippen LogP contribution in [-0.2, 0) is 0 Å². The van der Waals surface area contributed by atoms with E-state index in [2.05, 4.69) is 31.2 Å². The minimum atomic E-state index is -0.484. The number of nitrogens with one attached hydrogen (secondary N) is 4. The third-order valence-corrected chi connectivity index (χ3v) is 3.19. The number of nitrogens with zero attached hydrogens (tertiary/aromatic N) is 2. The second-order valence-corrected chi connectivity index (χ2v) is 5.16. The molecule has 0 atom stereocenters. The number of rotatable bonds is 4. The standard InChI is InChI=1S/C18H16N6O2/c25-17(20-13-7-3-1-4-8-13)23-15-11-12-19-16(22-15)24-18(26)21-14-9-5-2-6-10-14/h1-12H,(H4,19,20,21,22,23,24,25,26). The molecule has 8 nitrogen and oxygen atoms in total. The van der Waals surface area contributed by atoms with Crippen molar-refractivity contribution in [2.24, 2.45) is 0 Å². The maximum absolute atomic E-state index is 12.0. The van der Waals surface area contributed by atoms with Gasteiger partial charge in [-0.25, -0.2) is 14.6 Å². The van der Waals surface area contributed by atoms with Crippen LogP contribution in [0.15, 0.2) is 72.9 Å². The fourth-order valence-electron chi connectivity index (χ4n) is 2.07. The molecule has 0 aliphatic carbocycles. The average molecular weight is 348 g/mol. The van der Waals surface area contributed by atoms with Gasteiger partial charge in [0.2, 0.25) is 5.95 Å². The molecule has 0 aliphatic heterocycles. The predicted molar refractivity (Wildman–Crippen MR) is 100 cm³/mol. The Bertz CT molecular complexity index is 816. The largest absolute Gasteiger partial charge is 0.326 e. The fraction of sp³-hybridized carbons (Fsp3) is 0. The first kappa shape index (κ1) is 16.9. The van der Waals surface area contributed by atoms with Crippen molar-refractivity contribution in [1.82, 2.24) is 9.97 Å². The molecule has 130 valence electrons. The van der Waals surface area contributed by atoms with Gasteiger partial charge in [-0.15, -0.1) is 0 Å². The predicted octanol–water partition coefficient (Wildman–Crippen LogP) is 3.76. The van der Waals surface area contributed by atoms with E-state index in [1.807, 2.05) is 36.4 Å². The van der Waals surface area contributed by atoms with Crippen LogP contribution in [0.5, 0.6) is 0 Å². The highest BCUT2D eigenvalue weighted by atomic mass is 16.2. The number of hydrogen-bond donors (Lipinski definition) is 4. The van der Waals surface area contributed by atoms with E-state index in [9.17, 15) is 9.59 Å². The van der Waals surface area contributed by atoms with Gasteiger partial charge in [-0.3, -0.25) is 10.6 Å². The van der Waals surface area contributed by atoms with Crippen molar-refractivity contribution in [3.8, 4) is 0 Å². The molecule has 0 saturated carbocycles. The van der Waals surface area contributed by atoms with Gasteiger partial charge in [-0.05, 0) is 30.3 Å². The Balaban J connectivity index is 1.57. The molecular formula is C18H16N6O2. The van der Waals surface area contributed by atoms with E-state index in [4.69, 9.17) is 0 Å². The Morgan fingerprint density at radius 1 is 0.654 bits per heavy atom. The highest BCUT2D eigenvalue weighted by molar-refractivity contribution is 6.00. The normalized spacial score (nSPS) is 9.85. The van der Waals surface area contributed by atoms with Crippen LogP contribution >= 0.6 is 0 Å². The van der Waals surface area contributed by atoms with Crippen LogP contribution in [0.25, 0.3) is 0 Å². The quantitative estimate of drug-likeness (QED) is 0.575. The van der Waals surface area contributed by atoms with Crippen LogP contribution in [0.4, 0.5) is 32.7 Å². The van der Waals surface area contributed by atoms with Crippen LogP contribution in [-0.4, -0.2) is 22.0 Å². The van der Waals surface area contributed by atoms with Crippen molar-refractivity contribution in [3.63, 3.8) is 0 Å². The molecule has 4 amide bonds. The van der Waals surface area contributed by atoms with Gasteiger partial charge in [-0.2, -0.15) is 4.98 Å². The summed E-state index contributed by atoms with van der Waals surface area (Å²) in [6, 6.07) is 18.6. The number of anilines is 4. The highest BCUT2D eigenvalue weighted by Crippen LogP contribution is 2.10. The SMILES string of the molecule is O=C(Nc1ccccc1)Nc1ccnc(NC(=O)Nc2ccccc2)n1. The monoisotopic (exact) mass is 348 g/mol. The van der Waals surface area contributed by atoms with Crippen molar-refractivity contribution in [1.29, 1.82) is 0 Å². The number of carbonyl (C=O) groups is 2. The first-order valence-corrected chi connectivity index (χ1v) is 7.78. The molecule has 0 spiro atoms. The molecule has 2 aromatic carbocycles. The minimum absolute atomic E-state index is 0.0657. The second kappa shape index (κ2) is 8.25. The Morgan fingerprint density at radius 3 is 1.77 bits per heavy atom. The number of carbonyl (C=O) groups excluding carboxylic acids is 2. The van der Waals surface area contributed by atoms with Gasteiger partial charge >= 0.3 is 12.1 Å². The molecule has 1 aromatic heterocycles. The molecule has 4 N–H and O–H groups in total. The number of para-hydroxylation sites is 2. The van der Waals surface area contributed by atoms with Crippen molar-refractivity contribution in [2.75, 3.05) is 21.3 Å². The van der Waals surface area contributed by atoms with Gasteiger partial charge in [0.25, 0.3) is 0 Å². The van der Waals surface area contributed by atoms with Gasteiger partial charge in [0.1, 0.15) is 5.82 Å². The third kappa shape index (κ3) is 5.03. The summed E-state index contributed by atoms with van der Waals surface area (Å²) in [5, 5.41) is 10.4. The first-order chi connectivity index (χ1) is 12.7. The maximum Gasteiger partial charge on any atom is 0.326 e. The van der Waals surface area contributed by atoms with Crippen molar-refractivity contribution in [3.05, 3.63) is 72.9 Å². The van der Waals surface area contributed by atoms with E-state index in [0.29, 0.717) is 11.4 Å². The number of benzene rings is 2. The van der Waals surface area contributed by atoms with E-state index in [0.717, 1.165) is 0 Å². The number of hydrogen-bond acceptors (Lipinski definition) is 4. The Morgan fingerprint density at radius 2 is 1.19 bits per heavy atom. The molecular weight excluding hydrogens is 332 g/mol. The smallest absolute Gasteiger partial charge is 0.308 e. The zero-order chi connectivity index (χ0) is 18.2. The lowest BCUT2D eigenvalue weighted by Crippen LogP contribution is -2.22. The second-order valence-electron chi connectivity index (χ2n) is 5.16. The number of aromatic nitrogens is 2. The van der Waals surface area contributed by atoms with Crippen LogP contribution < -0.4 is 21.3 Å². The Labute approximate surface area is 149 Å². The molecule has 8 heteroatoms. The fourth-order valence-corrected chi connectivity index (χ4v) is 2.07. The first-order valence-electron chi connectivity index (χ1n) is 7.78. The van der Waals surface area contributed by atoms with E-state index in [-0.39, 0.29) is 11.8 Å². The zero-order valence-corrected chi connectivity index (χ0v) is 13.6. The van der Waals surface area contributed by atoms with Gasteiger partial charge < -0.3 is 10.6 Å². The molecule has 0 bridgehead atoms. The Hall–Kier alpha value is -3.94. The maximum atomic E-state index is 12.0. The molecule has 3 aromatic rings. The van der Waals surface area contributed by atoms with Crippen molar-refractivity contribution in [2.45, 2.75) is 0 Å². The minimum Gasteiger partial charge on any atom is -0.308 e. The lowest BCUT2D eigenvalue weighted by Gasteiger charge is -2.09. The molecule has 1 heterocycles. The number of urea groups is 2. The van der Waals surface area contributed by atoms with Crippen molar-refractivity contribution >= 4 is 35.2 Å². The topological polar surface area (TPSA) is 108 Å². The summed E-state index contributed by atoms with van der Waals surface area (Å²) in [6.45, 7) is 0. The van der Waals surface area contributed by atoms with E-state index < -0.39 is 12.1 Å². The lowest BCUT2D eigenvalue weighted by molar-refractivity contribution is 0.261. The van der Waals surface area contributed by atoms with Gasteiger partial charge in [0, 0.05) is 17.6 Å². The summed E-state index contributed by atoms with van der Waals surface area (Å²) >= 11 is 0. The van der Waals surface area contributed by atoms with E-state index >= 15 is 0 Å². The molecule has 0 aliphatic rings. The summed E-state index contributed by atoms with van der Waals surface area (Å²) < 4.78 is 0. The lowest BCUT2D eigenvalue weighted by atomic mass is 10.3. The third-order valence-electron chi connectivity index (χ3n) is 3.19. The van der Waals surface area contributed by atoms with Crippen LogP contribution in [0.2, 0.25) is 0 Å². The van der Waals surface area contributed by atoms with Crippen LogP contribution in [0, 0.1) is 0 Å². The summed E-state index contributed by atoms with van der Waals surface area (Å²) in [5.41, 5.74) is 1.29. The summed E-state index contributed by atoms with van der Waals surface area (Å²) in [5.74, 6) is 0.319. The van der Waals surface area contributed by atoms with Gasteiger partial charge in [0.15, 0.2) is 0 Å². The summed E-state index contributed by atoms with van der Waals surface area (Å²) in [6.07, 6.45) is 1.43. The summed E-state index contributed by atoms with van der Waals surface area (Å²) in [7, 11) is 0. The van der Waals surface area contributed by atoms with E-state index in [1.165, 1.54) is 12.3 Å².